The van der Waals surface area contributed by atoms with Gasteiger partial charge in [0, 0.05) is 18.3 Å². The number of nitrogens with one attached hydrogen (secondary N) is 1. The third kappa shape index (κ3) is 1.54. The number of hydrogen-bond acceptors (Lipinski definition) is 3. The Hall–Kier alpha value is -1.03. The van der Waals surface area contributed by atoms with Crippen molar-refractivity contribution in [2.45, 2.75) is 19.8 Å². The third-order valence-corrected chi connectivity index (χ3v) is 2.49. The molecule has 2 rings (SSSR count). The maximum atomic E-state index is 11.5. The Labute approximate surface area is 81.2 Å². The number of rotatable bonds is 0. The minimum Gasteiger partial charge on any atom is -0.334 e. The van der Waals surface area contributed by atoms with E-state index in [9.17, 15) is 4.79 Å². The van der Waals surface area contributed by atoms with Crippen LogP contribution in [0.3, 0.4) is 0 Å². The van der Waals surface area contributed by atoms with Crippen LogP contribution in [0, 0.1) is 10.7 Å². The molecule has 1 aromatic heterocycles. The minimum absolute atomic E-state index is 0.174. The molecule has 1 aliphatic carbocycles. The van der Waals surface area contributed by atoms with Gasteiger partial charge in [0.05, 0.1) is 5.56 Å². The number of aromatic amines is 1. The van der Waals surface area contributed by atoms with E-state index in [4.69, 9.17) is 12.2 Å². The molecule has 1 aromatic rings. The van der Waals surface area contributed by atoms with E-state index in [-0.39, 0.29) is 5.78 Å². The van der Waals surface area contributed by atoms with Gasteiger partial charge in [0.25, 0.3) is 0 Å². The van der Waals surface area contributed by atoms with Crippen molar-refractivity contribution in [2.75, 3.05) is 0 Å². The van der Waals surface area contributed by atoms with Crippen molar-refractivity contribution in [1.29, 1.82) is 0 Å². The highest BCUT2D eigenvalue weighted by atomic mass is 32.1. The molecule has 3 nitrogen and oxygen atoms in total. The topological polar surface area (TPSA) is 45.8 Å². The number of fused-ring (bicyclic) bond motifs is 1. The molecule has 1 aliphatic rings. The summed E-state index contributed by atoms with van der Waals surface area (Å²) in [5.41, 5.74) is 1.66. The number of ketones is 1. The first-order chi connectivity index (χ1) is 6.16. The second-order valence-corrected chi connectivity index (χ2v) is 3.90. The molecule has 0 amide bonds. The number of aromatic nitrogens is 2. The van der Waals surface area contributed by atoms with Crippen LogP contribution in [-0.2, 0) is 6.42 Å². The Bertz CT molecular complexity index is 410. The highest BCUT2D eigenvalue weighted by Crippen LogP contribution is 2.22. The molecule has 0 radical (unpaired) electrons. The maximum absolute atomic E-state index is 11.5. The first kappa shape index (κ1) is 8.56. The number of carbonyl (C=O) groups excluding carboxylic acids is 1. The van der Waals surface area contributed by atoms with Crippen LogP contribution in [0.2, 0.25) is 0 Å². The van der Waals surface area contributed by atoms with Gasteiger partial charge in [-0.05, 0) is 24.6 Å². The lowest BCUT2D eigenvalue weighted by Crippen LogP contribution is -2.19. The summed E-state index contributed by atoms with van der Waals surface area (Å²) in [6.45, 7) is 2.07. The van der Waals surface area contributed by atoms with E-state index >= 15 is 0 Å². The fraction of sp³-hybridized carbons (Fsp3) is 0.444. The van der Waals surface area contributed by atoms with Crippen LogP contribution >= 0.6 is 12.2 Å². The molecule has 0 saturated carbocycles. The smallest absolute Gasteiger partial charge is 0.196 e. The predicted octanol–water partition coefficient (Wildman–Crippen LogP) is 1.90. The Kier molecular flexibility index (Phi) is 2.00. The zero-order valence-corrected chi connectivity index (χ0v) is 8.15. The molecule has 1 heterocycles. The monoisotopic (exact) mass is 194 g/mol. The van der Waals surface area contributed by atoms with E-state index in [1.807, 2.05) is 0 Å². The Morgan fingerprint density at radius 1 is 1.62 bits per heavy atom. The van der Waals surface area contributed by atoms with Crippen LogP contribution in [0.15, 0.2) is 6.20 Å². The summed E-state index contributed by atoms with van der Waals surface area (Å²) in [6, 6.07) is 0. The van der Waals surface area contributed by atoms with Crippen LogP contribution in [0.1, 0.15) is 29.4 Å². The predicted molar refractivity (Wildman–Crippen MR) is 51.2 cm³/mol. The van der Waals surface area contributed by atoms with Crippen molar-refractivity contribution in [3.05, 3.63) is 22.2 Å². The molecule has 0 aromatic carbocycles. The largest absolute Gasteiger partial charge is 0.334 e. The molecule has 0 spiro atoms. The van der Waals surface area contributed by atoms with Gasteiger partial charge in [-0.2, -0.15) is 0 Å². The zero-order chi connectivity index (χ0) is 9.42. The van der Waals surface area contributed by atoms with Crippen LogP contribution in [0.5, 0.6) is 0 Å². The molecule has 13 heavy (non-hydrogen) atoms. The first-order valence-corrected chi connectivity index (χ1v) is 4.69. The molecular weight excluding hydrogens is 184 g/mol. The Morgan fingerprint density at radius 3 is 3.15 bits per heavy atom. The van der Waals surface area contributed by atoms with Gasteiger partial charge in [-0.15, -0.1) is 0 Å². The molecule has 4 heteroatoms. The number of carbonyl (C=O) groups is 1. The lowest BCUT2D eigenvalue weighted by atomic mass is 9.88. The van der Waals surface area contributed by atoms with Gasteiger partial charge in [-0.1, -0.05) is 6.92 Å². The van der Waals surface area contributed by atoms with Crippen molar-refractivity contribution in [3.63, 3.8) is 0 Å². The van der Waals surface area contributed by atoms with Crippen LogP contribution in [-0.4, -0.2) is 15.8 Å². The molecule has 0 bridgehead atoms. The van der Waals surface area contributed by atoms with Gasteiger partial charge >= 0.3 is 0 Å². The fourth-order valence-corrected chi connectivity index (χ4v) is 1.85. The van der Waals surface area contributed by atoms with Crippen molar-refractivity contribution < 1.29 is 4.79 Å². The van der Waals surface area contributed by atoms with Crippen LogP contribution in [0.25, 0.3) is 0 Å². The number of nitrogens with zero attached hydrogens (tertiary/aromatic N) is 1. The average molecular weight is 194 g/mol. The maximum Gasteiger partial charge on any atom is 0.196 e. The Balaban J connectivity index is 2.55. The van der Waals surface area contributed by atoms with Crippen LogP contribution in [0.4, 0.5) is 0 Å². The highest BCUT2D eigenvalue weighted by Gasteiger charge is 2.22. The van der Waals surface area contributed by atoms with E-state index in [1.165, 1.54) is 0 Å². The van der Waals surface area contributed by atoms with Gasteiger partial charge in [0.2, 0.25) is 0 Å². The molecule has 1 atom stereocenters. The highest BCUT2D eigenvalue weighted by molar-refractivity contribution is 7.71. The first-order valence-electron chi connectivity index (χ1n) is 4.28. The normalized spacial score (nSPS) is 21.3. The van der Waals surface area contributed by atoms with E-state index in [0.29, 0.717) is 22.7 Å². The molecule has 1 unspecified atom stereocenters. The lowest BCUT2D eigenvalue weighted by Gasteiger charge is -2.18. The quantitative estimate of drug-likeness (QED) is 0.642. The fourth-order valence-electron chi connectivity index (χ4n) is 1.68. The number of hydrogen-bond donors (Lipinski definition) is 1. The summed E-state index contributed by atoms with van der Waals surface area (Å²) >= 11 is 4.90. The summed E-state index contributed by atoms with van der Waals surface area (Å²) in [7, 11) is 0. The summed E-state index contributed by atoms with van der Waals surface area (Å²) in [6.07, 6.45) is 3.11. The van der Waals surface area contributed by atoms with Crippen molar-refractivity contribution in [3.8, 4) is 0 Å². The number of Topliss-reactive ketones (excluding diaryl/α,β-unsaturated/α-hetero) is 1. The molecule has 0 saturated heterocycles. The summed E-state index contributed by atoms with van der Waals surface area (Å²) in [5.74, 6) is 0.584. The van der Waals surface area contributed by atoms with Gasteiger partial charge < -0.3 is 4.98 Å². The van der Waals surface area contributed by atoms with Gasteiger partial charge in [-0.25, -0.2) is 4.98 Å². The van der Waals surface area contributed by atoms with E-state index in [1.54, 1.807) is 6.20 Å². The van der Waals surface area contributed by atoms with Crippen molar-refractivity contribution in [2.24, 2.45) is 5.92 Å². The lowest BCUT2D eigenvalue weighted by molar-refractivity contribution is 0.0951. The molecule has 1 N–H and O–H groups in total. The van der Waals surface area contributed by atoms with E-state index < -0.39 is 0 Å². The van der Waals surface area contributed by atoms with E-state index in [0.717, 1.165) is 12.1 Å². The second-order valence-electron chi connectivity index (χ2n) is 3.52. The Morgan fingerprint density at radius 2 is 2.38 bits per heavy atom. The van der Waals surface area contributed by atoms with Gasteiger partial charge in [-0.3, -0.25) is 4.79 Å². The second kappa shape index (κ2) is 3.03. The van der Waals surface area contributed by atoms with Crippen LogP contribution < -0.4 is 0 Å². The standard InChI is InChI=1S/C9H10N2OS/c1-5-2-7-6(8(12)3-5)4-10-9(13)11-7/h4-5H,2-3H2,1H3,(H,10,11,13). The summed E-state index contributed by atoms with van der Waals surface area (Å²) < 4.78 is 0.459. The van der Waals surface area contributed by atoms with E-state index in [2.05, 4.69) is 16.9 Å². The van der Waals surface area contributed by atoms with Crippen molar-refractivity contribution in [1.82, 2.24) is 9.97 Å². The summed E-state index contributed by atoms with van der Waals surface area (Å²) in [4.78, 5) is 18.4. The van der Waals surface area contributed by atoms with Crippen molar-refractivity contribution >= 4 is 18.0 Å². The summed E-state index contributed by atoms with van der Waals surface area (Å²) in [5, 5.41) is 0. The average Bonchev–Trinajstić information content (AvgIpc) is 2.02. The van der Waals surface area contributed by atoms with Gasteiger partial charge in [0.1, 0.15) is 0 Å². The third-order valence-electron chi connectivity index (χ3n) is 2.28. The van der Waals surface area contributed by atoms with Gasteiger partial charge in [0.15, 0.2) is 10.6 Å². The molecule has 0 fully saturated rings. The zero-order valence-electron chi connectivity index (χ0n) is 7.33. The molecule has 0 aliphatic heterocycles. The molecular formula is C9H10N2OS. The minimum atomic E-state index is 0.174. The molecule has 68 valence electrons. The SMILES string of the molecule is CC1CC(=O)c2cnc(=S)[nH]c2C1. The number of H-pyrrole nitrogens is 1.